The maximum absolute atomic E-state index is 11.8. The molecule has 2 aromatic heterocycles. The van der Waals surface area contributed by atoms with Crippen LogP contribution in [0.1, 0.15) is 151 Å². The minimum absolute atomic E-state index is 0.0674. The Morgan fingerprint density at radius 3 is 2.43 bits per heavy atom. The van der Waals surface area contributed by atoms with E-state index in [1.54, 1.807) is 32.7 Å². The maximum Gasteiger partial charge on any atom is 0.309 e. The summed E-state index contributed by atoms with van der Waals surface area (Å²) in [6.45, 7) is 24.7. The summed E-state index contributed by atoms with van der Waals surface area (Å²) in [5, 5.41) is 20.6. The summed E-state index contributed by atoms with van der Waals surface area (Å²) >= 11 is 0. The Kier molecular flexibility index (Phi) is 12.4. The zero-order valence-corrected chi connectivity index (χ0v) is 36.3. The third-order valence-corrected chi connectivity index (χ3v) is 16.1. The SMILES string of the molecule is C=Cc1nc(-c2ccc(OC)cn2)[nH]c1CC12CCC(C(C)C)=C1C1(CCC)CCC(C3(C)CCC(OC(O)CC(C)(C)C(=O)O)C(C)C3CC)C(C)C1CC2. The highest BCUT2D eigenvalue weighted by Gasteiger charge is 2.62. The van der Waals surface area contributed by atoms with Crippen molar-refractivity contribution in [1.82, 2.24) is 15.0 Å². The number of nitrogens with one attached hydrogen (secondary N) is 1. The summed E-state index contributed by atoms with van der Waals surface area (Å²) in [5.41, 5.74) is 5.97. The molecule has 0 amide bonds. The first-order chi connectivity index (χ1) is 26.5. The lowest BCUT2D eigenvalue weighted by atomic mass is 9.41. The van der Waals surface area contributed by atoms with Gasteiger partial charge in [-0.15, -0.1) is 0 Å². The molecule has 0 saturated heterocycles. The van der Waals surface area contributed by atoms with Crippen molar-refractivity contribution in [2.45, 2.75) is 158 Å². The molecular formula is C48H73N3O5. The Morgan fingerprint density at radius 1 is 1.09 bits per heavy atom. The number of carboxylic acids is 1. The monoisotopic (exact) mass is 772 g/mol. The third kappa shape index (κ3) is 7.44. The second-order valence-corrected chi connectivity index (χ2v) is 19.7. The van der Waals surface area contributed by atoms with E-state index in [2.05, 4.69) is 65.0 Å². The van der Waals surface area contributed by atoms with Gasteiger partial charge < -0.3 is 24.7 Å². The van der Waals surface area contributed by atoms with Gasteiger partial charge >= 0.3 is 5.97 Å². The van der Waals surface area contributed by atoms with Crippen LogP contribution in [0.2, 0.25) is 0 Å². The number of hydrogen-bond acceptors (Lipinski definition) is 6. The minimum Gasteiger partial charge on any atom is -0.495 e. The Labute approximate surface area is 337 Å². The number of carbonyl (C=O) groups is 1. The number of rotatable bonds is 15. The van der Waals surface area contributed by atoms with Crippen LogP contribution in [-0.4, -0.2) is 50.6 Å². The van der Waals surface area contributed by atoms with Crippen molar-refractivity contribution in [3.8, 4) is 17.3 Å². The van der Waals surface area contributed by atoms with Gasteiger partial charge in [0.15, 0.2) is 12.1 Å². The lowest BCUT2D eigenvalue weighted by Gasteiger charge is -2.64. The fourth-order valence-electron chi connectivity index (χ4n) is 13.5. The molecule has 0 aromatic carbocycles. The number of fused-ring (bicyclic) bond motifs is 3. The number of pyridine rings is 1. The molecule has 0 radical (unpaired) electrons. The van der Waals surface area contributed by atoms with E-state index in [4.69, 9.17) is 14.5 Å². The first-order valence-corrected chi connectivity index (χ1v) is 22.0. The number of hydrogen-bond donors (Lipinski definition) is 3. The zero-order valence-electron chi connectivity index (χ0n) is 36.3. The zero-order chi connectivity index (χ0) is 40.8. The number of aliphatic hydroxyl groups is 1. The first kappa shape index (κ1) is 42.6. The molecule has 3 fully saturated rings. The molecule has 0 spiro atoms. The molecule has 6 rings (SSSR count). The van der Waals surface area contributed by atoms with Crippen molar-refractivity contribution < 1.29 is 24.5 Å². The topological polar surface area (TPSA) is 118 Å². The van der Waals surface area contributed by atoms with Gasteiger partial charge in [0.1, 0.15) is 11.4 Å². The van der Waals surface area contributed by atoms with Gasteiger partial charge in [0.05, 0.1) is 30.5 Å². The Bertz CT molecular complexity index is 1740. The molecule has 310 valence electrons. The van der Waals surface area contributed by atoms with Gasteiger partial charge in [-0.05, 0) is 148 Å². The van der Waals surface area contributed by atoms with Crippen LogP contribution in [0.25, 0.3) is 17.6 Å². The molecule has 56 heavy (non-hydrogen) atoms. The van der Waals surface area contributed by atoms with E-state index < -0.39 is 17.7 Å². The second-order valence-electron chi connectivity index (χ2n) is 19.7. The lowest BCUT2D eigenvalue weighted by molar-refractivity contribution is -0.203. The van der Waals surface area contributed by atoms with Crippen LogP contribution >= 0.6 is 0 Å². The number of carboxylic acid groups (broad SMARTS) is 1. The standard InChI is InChI=1S/C48H73N3O5/c1-12-21-48-25-19-35(46(10)22-20-40(31(7)34(46)13-2)56-41(52)27-45(8,9)44(53)54)30(6)36(48)18-24-47(23-17-33(29(4)5)42(47)48)26-39-37(14-3)50-43(51-39)38-16-15-32(55-11)28-49-38/h14-16,28-31,34-36,40-41,52H,3,12-13,17-27H2,1-2,4-11H3,(H,50,51)(H,53,54). The van der Waals surface area contributed by atoms with Crippen molar-refractivity contribution in [3.05, 3.63) is 47.4 Å². The average molecular weight is 772 g/mol. The average Bonchev–Trinajstić information content (AvgIpc) is 3.75. The van der Waals surface area contributed by atoms with Gasteiger partial charge in [0.25, 0.3) is 0 Å². The highest BCUT2D eigenvalue weighted by Crippen LogP contribution is 2.71. The number of nitrogens with zero attached hydrogens (tertiary/aromatic N) is 2. The van der Waals surface area contributed by atoms with E-state index in [1.807, 2.05) is 23.8 Å². The predicted octanol–water partition coefficient (Wildman–Crippen LogP) is 11.3. The summed E-state index contributed by atoms with van der Waals surface area (Å²) in [7, 11) is 1.66. The van der Waals surface area contributed by atoms with Crippen LogP contribution in [-0.2, 0) is 16.0 Å². The van der Waals surface area contributed by atoms with Crippen molar-refractivity contribution in [2.75, 3.05) is 7.11 Å². The highest BCUT2D eigenvalue weighted by molar-refractivity contribution is 5.73. The van der Waals surface area contributed by atoms with Crippen LogP contribution in [0.5, 0.6) is 5.75 Å². The molecule has 2 aromatic rings. The largest absolute Gasteiger partial charge is 0.495 e. The number of allylic oxidation sites excluding steroid dienone is 2. The van der Waals surface area contributed by atoms with E-state index in [-0.39, 0.29) is 34.7 Å². The summed E-state index contributed by atoms with van der Waals surface area (Å²) in [6.07, 6.45) is 16.5. The molecule has 3 saturated carbocycles. The number of imidazole rings is 1. The molecule has 2 heterocycles. The highest BCUT2D eigenvalue weighted by atomic mass is 16.6. The van der Waals surface area contributed by atoms with E-state index in [0.29, 0.717) is 29.6 Å². The molecule has 10 unspecified atom stereocenters. The van der Waals surface area contributed by atoms with Crippen LogP contribution in [0, 0.1) is 57.2 Å². The third-order valence-electron chi connectivity index (χ3n) is 16.1. The van der Waals surface area contributed by atoms with Crippen LogP contribution < -0.4 is 4.74 Å². The second kappa shape index (κ2) is 16.4. The Balaban J connectivity index is 1.29. The number of aromatic amines is 1. The number of aliphatic hydroxyl groups excluding tert-OH is 1. The smallest absolute Gasteiger partial charge is 0.309 e. The van der Waals surface area contributed by atoms with Crippen molar-refractivity contribution >= 4 is 12.0 Å². The molecular weight excluding hydrogens is 699 g/mol. The number of aromatic nitrogens is 3. The Hall–Kier alpha value is -2.97. The van der Waals surface area contributed by atoms with Crippen LogP contribution in [0.15, 0.2) is 36.1 Å². The van der Waals surface area contributed by atoms with Gasteiger partial charge in [0, 0.05) is 12.1 Å². The van der Waals surface area contributed by atoms with Crippen LogP contribution in [0.4, 0.5) is 0 Å². The van der Waals surface area contributed by atoms with Gasteiger partial charge in [0.2, 0.25) is 0 Å². The molecule has 8 nitrogen and oxygen atoms in total. The quantitative estimate of drug-likeness (QED) is 0.122. The first-order valence-electron chi connectivity index (χ1n) is 22.0. The Morgan fingerprint density at radius 2 is 1.82 bits per heavy atom. The van der Waals surface area contributed by atoms with Gasteiger partial charge in [-0.3, -0.25) is 4.79 Å². The summed E-state index contributed by atoms with van der Waals surface area (Å²) in [4.78, 5) is 25.2. The fourth-order valence-corrected chi connectivity index (χ4v) is 13.5. The van der Waals surface area contributed by atoms with Crippen molar-refractivity contribution in [1.29, 1.82) is 0 Å². The summed E-state index contributed by atoms with van der Waals surface area (Å²) < 4.78 is 11.7. The number of H-pyrrole nitrogens is 1. The van der Waals surface area contributed by atoms with E-state index in [9.17, 15) is 15.0 Å². The molecule has 4 aliphatic rings. The fraction of sp³-hybridized carbons (Fsp3) is 0.729. The lowest BCUT2D eigenvalue weighted by Crippen LogP contribution is -2.56. The van der Waals surface area contributed by atoms with E-state index in [1.165, 1.54) is 57.1 Å². The van der Waals surface area contributed by atoms with Gasteiger partial charge in [-0.1, -0.05) is 79.0 Å². The molecule has 4 aliphatic carbocycles. The van der Waals surface area contributed by atoms with E-state index in [0.717, 1.165) is 48.6 Å². The van der Waals surface area contributed by atoms with Crippen molar-refractivity contribution in [3.63, 3.8) is 0 Å². The predicted molar refractivity (Wildman–Crippen MR) is 225 cm³/mol. The van der Waals surface area contributed by atoms with Crippen LogP contribution in [0.3, 0.4) is 0 Å². The minimum atomic E-state index is -1.08. The number of aliphatic carboxylic acids is 1. The van der Waals surface area contributed by atoms with E-state index >= 15 is 0 Å². The molecule has 0 bridgehead atoms. The van der Waals surface area contributed by atoms with Gasteiger partial charge in [-0.2, -0.15) is 0 Å². The summed E-state index contributed by atoms with van der Waals surface area (Å²) in [6, 6.07) is 3.91. The number of methoxy groups -OCH3 is 1. The summed E-state index contributed by atoms with van der Waals surface area (Å²) in [5.74, 6) is 3.77. The normalized spacial score (nSPS) is 33.9. The van der Waals surface area contributed by atoms with Crippen molar-refractivity contribution in [2.24, 2.45) is 57.2 Å². The molecule has 3 N–H and O–H groups in total. The number of ether oxygens (including phenoxy) is 2. The maximum atomic E-state index is 11.8. The molecule has 10 atom stereocenters. The van der Waals surface area contributed by atoms with Gasteiger partial charge in [-0.25, -0.2) is 9.97 Å². The molecule has 0 aliphatic heterocycles. The molecule has 8 heteroatoms.